The van der Waals surface area contributed by atoms with Gasteiger partial charge in [-0.1, -0.05) is 41.7 Å². The highest BCUT2D eigenvalue weighted by molar-refractivity contribution is 8.00. The number of thiazole rings is 1. The molecule has 7 atom stereocenters. The lowest BCUT2D eigenvalue weighted by atomic mass is 9.68. The number of imide groups is 1. The van der Waals surface area contributed by atoms with Crippen molar-refractivity contribution in [2.45, 2.75) is 35.0 Å². The van der Waals surface area contributed by atoms with Crippen LogP contribution in [0.15, 0.2) is 82.6 Å². The smallest absolute Gasteiger partial charge is 0.418 e. The summed E-state index contributed by atoms with van der Waals surface area (Å²) in [6, 6.07) is 15.6. The Balaban J connectivity index is 1.04. The molecule has 4 aliphatic rings. The lowest BCUT2D eigenvalue weighted by Gasteiger charge is -2.43. The number of hydrogen-bond donors (Lipinski definition) is 2. The lowest BCUT2D eigenvalue weighted by Crippen LogP contribution is -2.42. The molecule has 16 heteroatoms. The van der Waals surface area contributed by atoms with Crippen molar-refractivity contribution in [1.82, 2.24) is 4.98 Å². The first-order valence-electron chi connectivity index (χ1n) is 15.8. The highest BCUT2D eigenvalue weighted by Gasteiger charge is 2.70. The highest BCUT2D eigenvalue weighted by atomic mass is 32.2. The minimum absolute atomic E-state index is 0.0389. The second-order valence-corrected chi connectivity index (χ2v) is 15.2. The Morgan fingerprint density at radius 1 is 0.882 bits per heavy atom. The molecule has 4 unspecified atom stereocenters. The highest BCUT2D eigenvalue weighted by Crippen LogP contribution is 2.69. The number of nitrogens with one attached hydrogen (secondary N) is 2. The molecule has 2 saturated carbocycles. The van der Waals surface area contributed by atoms with Crippen molar-refractivity contribution < 1.29 is 45.5 Å². The summed E-state index contributed by atoms with van der Waals surface area (Å²) in [4.78, 5) is 56.9. The fourth-order valence-corrected chi connectivity index (χ4v) is 11.3. The molecule has 3 amide bonds. The van der Waals surface area contributed by atoms with Crippen molar-refractivity contribution in [2.24, 2.45) is 29.6 Å². The Hall–Kier alpha value is -4.57. The van der Waals surface area contributed by atoms with Gasteiger partial charge in [0.15, 0.2) is 6.61 Å². The van der Waals surface area contributed by atoms with Gasteiger partial charge in [0.1, 0.15) is 5.75 Å². The van der Waals surface area contributed by atoms with E-state index in [1.54, 1.807) is 24.3 Å². The molecular weight excluding hydrogens is 721 g/mol. The van der Waals surface area contributed by atoms with E-state index in [2.05, 4.69) is 10.3 Å². The molecule has 3 fully saturated rings. The van der Waals surface area contributed by atoms with Crippen molar-refractivity contribution in [1.29, 1.82) is 0 Å². The van der Waals surface area contributed by atoms with Crippen LogP contribution < -0.4 is 19.8 Å². The summed E-state index contributed by atoms with van der Waals surface area (Å²) in [5.74, 6) is -4.44. The fourth-order valence-electron chi connectivity index (χ4n) is 8.43. The first kappa shape index (κ1) is 33.6. The van der Waals surface area contributed by atoms with Crippen LogP contribution in [0.1, 0.15) is 33.9 Å². The molecule has 2 N–H and O–H groups in total. The van der Waals surface area contributed by atoms with Crippen molar-refractivity contribution in [3.05, 3.63) is 104 Å². The molecule has 3 heterocycles. The number of nitrogens with zero attached hydrogens (tertiary/aromatic N) is 1. The first-order chi connectivity index (χ1) is 24.2. The summed E-state index contributed by atoms with van der Waals surface area (Å²) < 4.78 is 86.6. The SMILES string of the molecule is O=C(COc1ccc([C@H]2c3sc(=O)[nH]c3SC3C2[C@H]2C[C@@H]3C3C(=O)N(c4ccccc4C(F)(F)F)C(=O)C32)cc1)Nc1cccc(C(F)(F)F)c1. The summed E-state index contributed by atoms with van der Waals surface area (Å²) in [5.41, 5.74) is -1.69. The molecule has 51 heavy (non-hydrogen) atoms. The molecule has 1 saturated heterocycles. The van der Waals surface area contributed by atoms with E-state index < -0.39 is 65.3 Å². The van der Waals surface area contributed by atoms with Crippen LogP contribution in [0, 0.1) is 29.6 Å². The first-order valence-corrected chi connectivity index (χ1v) is 17.5. The van der Waals surface area contributed by atoms with Crippen LogP contribution in [0.2, 0.25) is 0 Å². The lowest BCUT2D eigenvalue weighted by molar-refractivity contribution is -0.138. The predicted molar refractivity (Wildman–Crippen MR) is 174 cm³/mol. The monoisotopic (exact) mass is 745 g/mol. The van der Waals surface area contributed by atoms with Crippen LogP contribution in [0.4, 0.5) is 37.7 Å². The topological polar surface area (TPSA) is 109 Å². The molecule has 8 rings (SSSR count). The Morgan fingerprint density at radius 3 is 2.29 bits per heavy atom. The Bertz CT molecular complexity index is 2130. The molecular formula is C35H25F6N3O5S2. The number of amides is 3. The van der Waals surface area contributed by atoms with Gasteiger partial charge in [-0.2, -0.15) is 26.3 Å². The van der Waals surface area contributed by atoms with E-state index in [-0.39, 0.29) is 39.5 Å². The van der Waals surface area contributed by atoms with Gasteiger partial charge < -0.3 is 15.0 Å². The maximum atomic E-state index is 14.0. The van der Waals surface area contributed by atoms with E-state index in [1.807, 2.05) is 0 Å². The third-order valence-corrected chi connectivity index (χ3v) is 12.8. The molecule has 1 aromatic heterocycles. The number of carbonyl (C=O) groups excluding carboxylic acids is 3. The van der Waals surface area contributed by atoms with Crippen molar-refractivity contribution in [2.75, 3.05) is 16.8 Å². The number of alkyl halides is 6. The van der Waals surface area contributed by atoms with Crippen LogP contribution in [0.5, 0.6) is 5.75 Å². The number of halogens is 6. The molecule has 0 spiro atoms. The molecule has 3 aromatic carbocycles. The maximum absolute atomic E-state index is 14.0. The minimum atomic E-state index is -4.77. The largest absolute Gasteiger partial charge is 0.484 e. The number of H-pyrrole nitrogens is 1. The average Bonchev–Trinajstić information content (AvgIpc) is 3.82. The van der Waals surface area contributed by atoms with Crippen LogP contribution >= 0.6 is 23.1 Å². The Kier molecular flexibility index (Phi) is 7.90. The van der Waals surface area contributed by atoms with Crippen molar-refractivity contribution in [3.8, 4) is 5.75 Å². The number of ether oxygens (including phenoxy) is 1. The summed E-state index contributed by atoms with van der Waals surface area (Å²) >= 11 is 2.49. The zero-order valence-electron chi connectivity index (χ0n) is 26.0. The van der Waals surface area contributed by atoms with E-state index >= 15 is 0 Å². The number of thioether (sulfide) groups is 1. The van der Waals surface area contributed by atoms with Crippen molar-refractivity contribution >= 4 is 52.2 Å². The number of rotatable bonds is 6. The van der Waals surface area contributed by atoms with Crippen LogP contribution in [-0.2, 0) is 26.7 Å². The zero-order chi connectivity index (χ0) is 36.0. The van der Waals surface area contributed by atoms with Gasteiger partial charge in [0.05, 0.1) is 33.7 Å². The average molecular weight is 746 g/mol. The molecule has 2 bridgehead atoms. The summed E-state index contributed by atoms with van der Waals surface area (Å²) in [6.45, 7) is -0.485. The van der Waals surface area contributed by atoms with Gasteiger partial charge in [0, 0.05) is 21.7 Å². The van der Waals surface area contributed by atoms with Crippen LogP contribution in [-0.4, -0.2) is 34.6 Å². The maximum Gasteiger partial charge on any atom is 0.418 e. The van der Waals surface area contributed by atoms with Gasteiger partial charge in [-0.05, 0) is 72.2 Å². The zero-order valence-corrected chi connectivity index (χ0v) is 27.6. The van der Waals surface area contributed by atoms with E-state index in [9.17, 15) is 45.5 Å². The molecule has 2 aliphatic heterocycles. The van der Waals surface area contributed by atoms with Gasteiger partial charge in [0.25, 0.3) is 5.91 Å². The molecule has 4 aromatic rings. The van der Waals surface area contributed by atoms with E-state index in [0.717, 1.165) is 50.9 Å². The number of anilines is 2. The van der Waals surface area contributed by atoms with Crippen LogP contribution in [0.25, 0.3) is 0 Å². The van der Waals surface area contributed by atoms with Crippen molar-refractivity contribution in [3.63, 3.8) is 0 Å². The van der Waals surface area contributed by atoms with E-state index in [1.165, 1.54) is 36.0 Å². The molecule has 8 nitrogen and oxygen atoms in total. The minimum Gasteiger partial charge on any atom is -0.484 e. The predicted octanol–water partition coefficient (Wildman–Crippen LogP) is 7.17. The number of aromatic amines is 1. The third-order valence-electron chi connectivity index (χ3n) is 10.3. The van der Waals surface area contributed by atoms with Gasteiger partial charge in [-0.15, -0.1) is 11.8 Å². The van der Waals surface area contributed by atoms with E-state index in [0.29, 0.717) is 17.2 Å². The van der Waals surface area contributed by atoms with Gasteiger partial charge in [0.2, 0.25) is 11.8 Å². The number of hydrogen-bond acceptors (Lipinski definition) is 7. The summed E-state index contributed by atoms with van der Waals surface area (Å²) in [6.07, 6.45) is -8.80. The molecule has 264 valence electrons. The second-order valence-electron chi connectivity index (χ2n) is 13.0. The fraction of sp³-hybridized carbons (Fsp3) is 0.314. The quantitative estimate of drug-likeness (QED) is 0.160. The standard InChI is InChI=1S/C35H25F6N3O5S2/c36-34(37,38)16-4-3-5-17(12-16)42-23(45)14-49-18-10-8-15(9-11-18)24-25-19-13-20(28(25)50-30-29(24)51-33(48)43-30)27-26(19)31(46)44(32(27)47)22-7-2-1-6-21(22)35(39,40)41/h1-12,19-20,24-28H,13-14H2,(H,42,45)(H,43,48)/t19-,20-,24-,25?,26?,27?,28?/m1/s1. The number of carbonyl (C=O) groups is 3. The second kappa shape index (κ2) is 12.0. The van der Waals surface area contributed by atoms with Crippen LogP contribution in [0.3, 0.4) is 0 Å². The molecule has 2 aliphatic carbocycles. The third kappa shape index (κ3) is 5.62. The van der Waals surface area contributed by atoms with Gasteiger partial charge in [-0.3, -0.25) is 19.2 Å². The summed E-state index contributed by atoms with van der Waals surface area (Å²) in [7, 11) is 0. The summed E-state index contributed by atoms with van der Waals surface area (Å²) in [5, 5.41) is 2.85. The number of benzene rings is 3. The molecule has 0 radical (unpaired) electrons. The van der Waals surface area contributed by atoms with E-state index in [4.69, 9.17) is 4.74 Å². The number of aromatic nitrogens is 1. The van der Waals surface area contributed by atoms with Gasteiger partial charge >= 0.3 is 17.2 Å². The number of para-hydroxylation sites is 1. The van der Waals surface area contributed by atoms with Gasteiger partial charge in [-0.25, -0.2) is 4.90 Å². The number of fused-ring (bicyclic) bond motifs is 9. The Labute approximate surface area is 293 Å². The Morgan fingerprint density at radius 2 is 1.59 bits per heavy atom. The normalized spacial score (nSPS) is 26.5.